The number of hydrogen-bond acceptors (Lipinski definition) is 5. The van der Waals surface area contributed by atoms with Crippen LogP contribution in [0.15, 0.2) is 0 Å². The molecule has 1 saturated heterocycles. The molecule has 0 aromatic rings. The summed E-state index contributed by atoms with van der Waals surface area (Å²) in [4.78, 5) is 23.6. The Morgan fingerprint density at radius 2 is 1.86 bits per heavy atom. The molecule has 0 atom stereocenters. The van der Waals surface area contributed by atoms with Crippen molar-refractivity contribution in [2.24, 2.45) is 0 Å². The SMILES string of the molecule is CN1CC(=O)OB(CCF)OC(=O)C1. The lowest BCUT2D eigenvalue weighted by Gasteiger charge is -2.21. The Balaban J connectivity index is 2.55. The van der Waals surface area contributed by atoms with Gasteiger partial charge in [0, 0.05) is 6.32 Å². The number of halogens is 1. The molecule has 14 heavy (non-hydrogen) atoms. The van der Waals surface area contributed by atoms with Crippen LogP contribution in [-0.2, 0) is 18.9 Å². The number of nitrogens with zero attached hydrogens (tertiary/aromatic N) is 1. The first-order valence-electron chi connectivity index (χ1n) is 4.25. The molecule has 1 aliphatic heterocycles. The first kappa shape index (κ1) is 11.0. The van der Waals surface area contributed by atoms with Gasteiger partial charge in [-0.05, 0) is 7.05 Å². The highest BCUT2D eigenvalue weighted by atomic mass is 19.1. The van der Waals surface area contributed by atoms with E-state index >= 15 is 0 Å². The van der Waals surface area contributed by atoms with Crippen LogP contribution in [0.4, 0.5) is 4.39 Å². The molecule has 1 fully saturated rings. The molecule has 0 spiro atoms. The Labute approximate surface area is 81.3 Å². The zero-order chi connectivity index (χ0) is 10.6. The van der Waals surface area contributed by atoms with E-state index in [9.17, 15) is 14.0 Å². The smallest absolute Gasteiger partial charge is 0.498 e. The predicted octanol–water partition coefficient (Wildman–Crippen LogP) is -0.524. The average Bonchev–Trinajstić information content (AvgIpc) is 2.00. The van der Waals surface area contributed by atoms with Gasteiger partial charge in [0.15, 0.2) is 0 Å². The van der Waals surface area contributed by atoms with Crippen LogP contribution in [0.25, 0.3) is 0 Å². The van der Waals surface area contributed by atoms with Crippen LogP contribution >= 0.6 is 0 Å². The Hall–Kier alpha value is -1.11. The lowest BCUT2D eigenvalue weighted by Crippen LogP contribution is -2.42. The molecule has 0 aromatic carbocycles. The van der Waals surface area contributed by atoms with E-state index in [2.05, 4.69) is 0 Å². The maximum absolute atomic E-state index is 11.9. The van der Waals surface area contributed by atoms with Gasteiger partial charge in [0.2, 0.25) is 0 Å². The van der Waals surface area contributed by atoms with E-state index in [-0.39, 0.29) is 19.4 Å². The van der Waals surface area contributed by atoms with E-state index in [4.69, 9.17) is 9.31 Å². The second kappa shape index (κ2) is 4.95. The highest BCUT2D eigenvalue weighted by Gasteiger charge is 2.30. The molecular formula is C7H11BFNO4. The molecule has 0 N–H and O–H groups in total. The van der Waals surface area contributed by atoms with E-state index in [1.54, 1.807) is 7.05 Å². The van der Waals surface area contributed by atoms with Crippen molar-refractivity contribution in [3.63, 3.8) is 0 Å². The van der Waals surface area contributed by atoms with Crippen LogP contribution in [0.2, 0.25) is 6.32 Å². The van der Waals surface area contributed by atoms with Gasteiger partial charge in [0.25, 0.3) is 0 Å². The summed E-state index contributed by atoms with van der Waals surface area (Å²) in [6.45, 7) is -0.670. The van der Waals surface area contributed by atoms with Gasteiger partial charge in [-0.1, -0.05) is 0 Å². The summed E-state index contributed by atoms with van der Waals surface area (Å²) < 4.78 is 21.4. The van der Waals surface area contributed by atoms with E-state index in [0.717, 1.165) is 0 Å². The monoisotopic (exact) mass is 203 g/mol. The van der Waals surface area contributed by atoms with Crippen molar-refractivity contribution in [3.05, 3.63) is 0 Å². The summed E-state index contributed by atoms with van der Waals surface area (Å²) in [5.41, 5.74) is 0. The Kier molecular flexibility index (Phi) is 3.88. The zero-order valence-electron chi connectivity index (χ0n) is 7.86. The van der Waals surface area contributed by atoms with Crippen molar-refractivity contribution in [2.75, 3.05) is 26.8 Å². The summed E-state index contributed by atoms with van der Waals surface area (Å²) in [6, 6.07) is 0. The molecule has 0 radical (unpaired) electrons. The molecule has 0 saturated carbocycles. The van der Waals surface area contributed by atoms with Gasteiger partial charge in [0.05, 0.1) is 19.8 Å². The van der Waals surface area contributed by atoms with E-state index < -0.39 is 25.7 Å². The van der Waals surface area contributed by atoms with Crippen LogP contribution in [0.5, 0.6) is 0 Å². The third-order valence-corrected chi connectivity index (χ3v) is 1.67. The number of carbonyl (C=O) groups is 2. The largest absolute Gasteiger partial charge is 0.601 e. The van der Waals surface area contributed by atoms with Crippen molar-refractivity contribution in [2.45, 2.75) is 6.32 Å². The minimum absolute atomic E-state index is 0.0118. The fourth-order valence-corrected chi connectivity index (χ4v) is 1.10. The van der Waals surface area contributed by atoms with Crippen molar-refractivity contribution in [3.8, 4) is 0 Å². The zero-order valence-corrected chi connectivity index (χ0v) is 7.86. The van der Waals surface area contributed by atoms with E-state index in [1.165, 1.54) is 4.90 Å². The van der Waals surface area contributed by atoms with Crippen LogP contribution in [-0.4, -0.2) is 50.8 Å². The average molecular weight is 203 g/mol. The highest BCUT2D eigenvalue weighted by molar-refractivity contribution is 6.49. The summed E-state index contributed by atoms with van der Waals surface area (Å²) >= 11 is 0. The summed E-state index contributed by atoms with van der Waals surface area (Å²) in [7, 11) is 0.520. The third kappa shape index (κ3) is 3.33. The van der Waals surface area contributed by atoms with Gasteiger partial charge >= 0.3 is 19.1 Å². The van der Waals surface area contributed by atoms with E-state index in [1.807, 2.05) is 0 Å². The van der Waals surface area contributed by atoms with Gasteiger partial charge in [-0.15, -0.1) is 0 Å². The van der Waals surface area contributed by atoms with Crippen LogP contribution in [0.1, 0.15) is 0 Å². The molecular weight excluding hydrogens is 192 g/mol. The first-order chi connectivity index (χ1) is 6.61. The molecule has 0 unspecified atom stereocenters. The molecule has 1 heterocycles. The molecule has 5 nitrogen and oxygen atoms in total. The minimum Gasteiger partial charge on any atom is -0.498 e. The van der Waals surface area contributed by atoms with Crippen molar-refractivity contribution in [1.82, 2.24) is 4.90 Å². The molecule has 0 aliphatic carbocycles. The lowest BCUT2D eigenvalue weighted by atomic mass is 9.85. The summed E-state index contributed by atoms with van der Waals surface area (Å²) in [5.74, 6) is -1.03. The maximum atomic E-state index is 11.9. The van der Waals surface area contributed by atoms with Gasteiger partial charge < -0.3 is 9.31 Å². The Morgan fingerprint density at radius 3 is 2.29 bits per heavy atom. The number of alkyl halides is 1. The molecule has 1 rings (SSSR count). The molecule has 0 amide bonds. The van der Waals surface area contributed by atoms with Gasteiger partial charge in [0.1, 0.15) is 0 Å². The first-order valence-corrected chi connectivity index (χ1v) is 4.25. The second-order valence-electron chi connectivity index (χ2n) is 3.06. The minimum atomic E-state index is -1.08. The summed E-state index contributed by atoms with van der Waals surface area (Å²) in [6.07, 6.45) is -0.110. The molecule has 7 heteroatoms. The number of carbonyl (C=O) groups excluding carboxylic acids is 2. The third-order valence-electron chi connectivity index (χ3n) is 1.67. The predicted molar refractivity (Wildman–Crippen MR) is 46.2 cm³/mol. The fraction of sp³-hybridized carbons (Fsp3) is 0.714. The highest BCUT2D eigenvalue weighted by Crippen LogP contribution is 2.03. The number of hydrogen-bond donors (Lipinski definition) is 0. The Bertz CT molecular complexity index is 218. The number of likely N-dealkylation sites (N-methyl/N-ethyl adjacent to an activating group) is 1. The van der Waals surface area contributed by atoms with Gasteiger partial charge in [-0.3, -0.25) is 18.9 Å². The van der Waals surface area contributed by atoms with Crippen LogP contribution in [0, 0.1) is 0 Å². The van der Waals surface area contributed by atoms with Crippen molar-refractivity contribution >= 4 is 19.1 Å². The lowest BCUT2D eigenvalue weighted by molar-refractivity contribution is -0.145. The summed E-state index contributed by atoms with van der Waals surface area (Å²) in [5, 5.41) is 0. The standard InChI is InChI=1S/C7H11BFNO4/c1-10-4-6(11)13-8(2-3-9)14-7(12)5-10/h2-5H2,1H3. The van der Waals surface area contributed by atoms with Crippen LogP contribution in [0.3, 0.4) is 0 Å². The number of rotatable bonds is 2. The van der Waals surface area contributed by atoms with Crippen LogP contribution < -0.4 is 0 Å². The maximum Gasteiger partial charge on any atom is 0.601 e. The Morgan fingerprint density at radius 1 is 1.36 bits per heavy atom. The topological polar surface area (TPSA) is 55.8 Å². The quantitative estimate of drug-likeness (QED) is 0.565. The normalized spacial score (nSPS) is 19.7. The second-order valence-corrected chi connectivity index (χ2v) is 3.06. The fourth-order valence-electron chi connectivity index (χ4n) is 1.10. The molecule has 0 aromatic heterocycles. The van der Waals surface area contributed by atoms with Crippen molar-refractivity contribution < 1.29 is 23.3 Å². The molecule has 78 valence electrons. The van der Waals surface area contributed by atoms with Gasteiger partial charge in [-0.2, -0.15) is 0 Å². The van der Waals surface area contributed by atoms with Gasteiger partial charge in [-0.25, -0.2) is 0 Å². The van der Waals surface area contributed by atoms with Crippen molar-refractivity contribution in [1.29, 1.82) is 0 Å². The molecule has 0 bridgehead atoms. The van der Waals surface area contributed by atoms with E-state index in [0.29, 0.717) is 0 Å². The molecule has 1 aliphatic rings.